The van der Waals surface area contributed by atoms with Crippen LogP contribution in [0.1, 0.15) is 12.2 Å². The quantitative estimate of drug-likeness (QED) is 0.507. The number of carbonyl (C=O) groups is 1. The summed E-state index contributed by atoms with van der Waals surface area (Å²) >= 11 is 0. The van der Waals surface area contributed by atoms with Gasteiger partial charge in [0.1, 0.15) is 23.7 Å². The van der Waals surface area contributed by atoms with Gasteiger partial charge in [0.05, 0.1) is 12.2 Å². The fourth-order valence-electron chi connectivity index (χ4n) is 3.89. The van der Waals surface area contributed by atoms with Crippen LogP contribution in [0, 0.1) is 11.6 Å². The Labute approximate surface area is 175 Å². The average molecular weight is 424 g/mol. The molecule has 0 radical (unpaired) electrons. The van der Waals surface area contributed by atoms with Gasteiger partial charge in [-0.05, 0) is 42.8 Å². The van der Waals surface area contributed by atoms with E-state index in [1.807, 2.05) is 10.8 Å². The topological polar surface area (TPSA) is 73.3 Å². The highest BCUT2D eigenvalue weighted by atomic mass is 19.1. The Morgan fingerprint density at radius 2 is 1.90 bits per heavy atom. The molecule has 0 atom stereocenters. The summed E-state index contributed by atoms with van der Waals surface area (Å²) in [7, 11) is 0. The van der Waals surface area contributed by atoms with Crippen molar-refractivity contribution in [3.63, 3.8) is 0 Å². The lowest BCUT2D eigenvalue weighted by molar-refractivity contribution is -0.132. The Morgan fingerprint density at radius 1 is 1.10 bits per heavy atom. The SMILES string of the molecule is O=C(Cn1c(=O)oc2cccc(F)c21)N1CCCn2cc(-c3ccc(F)cc3)nc2C1. The van der Waals surface area contributed by atoms with Crippen molar-refractivity contribution in [2.45, 2.75) is 26.1 Å². The summed E-state index contributed by atoms with van der Waals surface area (Å²) in [5.41, 5.74) is 1.57. The highest BCUT2D eigenvalue weighted by Gasteiger charge is 2.24. The zero-order valence-corrected chi connectivity index (χ0v) is 16.4. The number of oxazole rings is 1. The van der Waals surface area contributed by atoms with Gasteiger partial charge in [0.2, 0.25) is 5.91 Å². The van der Waals surface area contributed by atoms with Gasteiger partial charge in [0, 0.05) is 24.8 Å². The maximum atomic E-state index is 14.2. The van der Waals surface area contributed by atoms with Crippen molar-refractivity contribution in [1.82, 2.24) is 19.0 Å². The van der Waals surface area contributed by atoms with E-state index in [1.165, 1.54) is 30.3 Å². The maximum Gasteiger partial charge on any atom is 0.420 e. The van der Waals surface area contributed by atoms with E-state index in [9.17, 15) is 18.4 Å². The molecule has 2 aromatic carbocycles. The van der Waals surface area contributed by atoms with Crippen molar-refractivity contribution in [1.29, 1.82) is 0 Å². The van der Waals surface area contributed by atoms with E-state index in [2.05, 4.69) is 4.98 Å². The summed E-state index contributed by atoms with van der Waals surface area (Å²) in [5.74, 6) is -1.34. The maximum absolute atomic E-state index is 14.2. The van der Waals surface area contributed by atoms with Crippen molar-refractivity contribution in [2.24, 2.45) is 0 Å². The number of amides is 1. The molecule has 5 rings (SSSR count). The molecule has 3 heterocycles. The number of para-hydroxylation sites is 1. The van der Waals surface area contributed by atoms with E-state index < -0.39 is 11.6 Å². The van der Waals surface area contributed by atoms with Gasteiger partial charge in [0.15, 0.2) is 11.4 Å². The summed E-state index contributed by atoms with van der Waals surface area (Å²) in [6.07, 6.45) is 2.59. The minimum absolute atomic E-state index is 0.0178. The first-order chi connectivity index (χ1) is 15.0. The van der Waals surface area contributed by atoms with Crippen molar-refractivity contribution in [2.75, 3.05) is 6.54 Å². The Morgan fingerprint density at radius 3 is 2.71 bits per heavy atom. The monoisotopic (exact) mass is 424 g/mol. The third-order valence-corrected chi connectivity index (χ3v) is 5.44. The number of aryl methyl sites for hydroxylation is 1. The Bertz CT molecular complexity index is 1340. The molecule has 9 heteroatoms. The van der Waals surface area contributed by atoms with Gasteiger partial charge in [-0.2, -0.15) is 0 Å². The number of carbonyl (C=O) groups excluding carboxylic acids is 1. The smallest absolute Gasteiger partial charge is 0.408 e. The van der Waals surface area contributed by atoms with E-state index in [-0.39, 0.29) is 35.9 Å². The molecule has 158 valence electrons. The van der Waals surface area contributed by atoms with Crippen molar-refractivity contribution in [3.8, 4) is 11.3 Å². The molecular formula is C22H18F2N4O3. The van der Waals surface area contributed by atoms with Crippen molar-refractivity contribution >= 4 is 17.0 Å². The van der Waals surface area contributed by atoms with Gasteiger partial charge in [-0.25, -0.2) is 18.6 Å². The van der Waals surface area contributed by atoms with Gasteiger partial charge in [0.25, 0.3) is 0 Å². The fraction of sp³-hybridized carbons (Fsp3) is 0.227. The van der Waals surface area contributed by atoms with Gasteiger partial charge in [-0.15, -0.1) is 0 Å². The molecule has 0 saturated heterocycles. The number of fused-ring (bicyclic) bond motifs is 2. The molecule has 31 heavy (non-hydrogen) atoms. The van der Waals surface area contributed by atoms with E-state index >= 15 is 0 Å². The van der Waals surface area contributed by atoms with Crippen LogP contribution in [0.15, 0.2) is 57.9 Å². The van der Waals surface area contributed by atoms with Crippen LogP contribution in [0.2, 0.25) is 0 Å². The molecular weight excluding hydrogens is 406 g/mol. The minimum atomic E-state index is -0.775. The molecule has 4 aromatic rings. The Hall–Kier alpha value is -3.75. The summed E-state index contributed by atoms with van der Waals surface area (Å²) in [4.78, 5) is 31.4. The van der Waals surface area contributed by atoms with E-state index in [0.717, 1.165) is 10.1 Å². The lowest BCUT2D eigenvalue weighted by atomic mass is 10.2. The fourth-order valence-corrected chi connectivity index (χ4v) is 3.89. The van der Waals surface area contributed by atoms with Crippen LogP contribution in [0.25, 0.3) is 22.4 Å². The van der Waals surface area contributed by atoms with Crippen molar-refractivity contribution in [3.05, 3.63) is 76.7 Å². The lowest BCUT2D eigenvalue weighted by Crippen LogP contribution is -2.35. The molecule has 1 amide bonds. The predicted octanol–water partition coefficient (Wildman–Crippen LogP) is 3.17. The number of hydrogen-bond acceptors (Lipinski definition) is 4. The predicted molar refractivity (Wildman–Crippen MR) is 108 cm³/mol. The molecule has 0 aliphatic carbocycles. The van der Waals surface area contributed by atoms with Gasteiger partial charge >= 0.3 is 5.76 Å². The molecule has 1 aliphatic heterocycles. The number of rotatable bonds is 3. The van der Waals surface area contributed by atoms with Crippen LogP contribution < -0.4 is 5.76 Å². The number of aromatic nitrogens is 3. The molecule has 0 bridgehead atoms. The van der Waals surface area contributed by atoms with E-state index in [4.69, 9.17) is 4.42 Å². The van der Waals surface area contributed by atoms with Crippen LogP contribution in [0.5, 0.6) is 0 Å². The van der Waals surface area contributed by atoms with Crippen LogP contribution in [0.4, 0.5) is 8.78 Å². The molecule has 1 aliphatic rings. The molecule has 0 N–H and O–H groups in total. The third kappa shape index (κ3) is 3.52. The molecule has 0 saturated carbocycles. The second kappa shape index (κ2) is 7.50. The summed E-state index contributed by atoms with van der Waals surface area (Å²) in [5, 5.41) is 0. The molecule has 0 spiro atoms. The standard InChI is InChI=1S/C22H18F2N4O3/c23-15-7-5-14(6-8-15)17-11-26-9-2-10-27(12-19(26)25-17)20(29)13-28-21-16(24)3-1-4-18(21)31-22(28)30/h1,3-8,11H,2,9-10,12-13H2. The minimum Gasteiger partial charge on any atom is -0.408 e. The second-order valence-electron chi connectivity index (χ2n) is 7.45. The normalized spacial score (nSPS) is 13.9. The number of benzene rings is 2. The van der Waals surface area contributed by atoms with E-state index in [1.54, 1.807) is 17.0 Å². The average Bonchev–Trinajstić information content (AvgIpc) is 3.22. The molecule has 7 nitrogen and oxygen atoms in total. The van der Waals surface area contributed by atoms with Crippen LogP contribution >= 0.6 is 0 Å². The zero-order chi connectivity index (χ0) is 21.5. The molecule has 2 aromatic heterocycles. The van der Waals surface area contributed by atoms with Crippen LogP contribution in [-0.2, 0) is 24.4 Å². The van der Waals surface area contributed by atoms with Gasteiger partial charge in [-0.3, -0.25) is 9.36 Å². The van der Waals surface area contributed by atoms with Crippen LogP contribution in [-0.4, -0.2) is 31.5 Å². The first-order valence-electron chi connectivity index (χ1n) is 9.87. The van der Waals surface area contributed by atoms with E-state index in [0.29, 0.717) is 31.0 Å². The van der Waals surface area contributed by atoms with Crippen LogP contribution in [0.3, 0.4) is 0 Å². The van der Waals surface area contributed by atoms with Gasteiger partial charge < -0.3 is 13.9 Å². The first-order valence-corrected chi connectivity index (χ1v) is 9.87. The Kier molecular flexibility index (Phi) is 4.65. The number of halogens is 2. The number of nitrogens with zero attached hydrogens (tertiary/aromatic N) is 4. The summed E-state index contributed by atoms with van der Waals surface area (Å²) in [6.45, 7) is 1.10. The Balaban J connectivity index is 1.40. The highest BCUT2D eigenvalue weighted by Crippen LogP contribution is 2.22. The summed E-state index contributed by atoms with van der Waals surface area (Å²) in [6, 6.07) is 10.2. The second-order valence-corrected chi connectivity index (χ2v) is 7.45. The lowest BCUT2D eigenvalue weighted by Gasteiger charge is -2.19. The molecule has 0 unspecified atom stereocenters. The largest absolute Gasteiger partial charge is 0.420 e. The number of imidazole rings is 1. The third-order valence-electron chi connectivity index (χ3n) is 5.44. The highest BCUT2D eigenvalue weighted by molar-refractivity contribution is 5.80. The molecule has 0 fully saturated rings. The summed E-state index contributed by atoms with van der Waals surface area (Å²) < 4.78 is 35.5. The van der Waals surface area contributed by atoms with Crippen molar-refractivity contribution < 1.29 is 18.0 Å². The first kappa shape index (κ1) is 19.2. The van der Waals surface area contributed by atoms with Gasteiger partial charge in [-0.1, -0.05) is 6.07 Å². The zero-order valence-electron chi connectivity index (χ0n) is 16.4. The number of hydrogen-bond donors (Lipinski definition) is 0.